The van der Waals surface area contributed by atoms with E-state index in [2.05, 4.69) is 63.7 Å². The molecule has 3 aromatic rings. The first-order valence-electron chi connectivity index (χ1n) is 8.38. The maximum Gasteiger partial charge on any atom is 0.0936 e. The molecule has 1 aromatic heterocycles. The van der Waals surface area contributed by atoms with Gasteiger partial charge in [0.1, 0.15) is 0 Å². The summed E-state index contributed by atoms with van der Waals surface area (Å²) in [6, 6.07) is 18.9. The van der Waals surface area contributed by atoms with Gasteiger partial charge < -0.3 is 10.1 Å². The highest BCUT2D eigenvalue weighted by molar-refractivity contribution is 5.91. The van der Waals surface area contributed by atoms with Crippen molar-refractivity contribution in [1.82, 2.24) is 9.88 Å². The van der Waals surface area contributed by atoms with Crippen LogP contribution in [-0.2, 0) is 11.3 Å². The van der Waals surface area contributed by atoms with Gasteiger partial charge in [0.05, 0.1) is 24.4 Å². The van der Waals surface area contributed by atoms with E-state index in [0.29, 0.717) is 0 Å². The summed E-state index contributed by atoms with van der Waals surface area (Å²) < 4.78 is 5.40. The van der Waals surface area contributed by atoms with Gasteiger partial charge in [-0.05, 0) is 29.8 Å². The van der Waals surface area contributed by atoms with Crippen molar-refractivity contribution < 1.29 is 4.74 Å². The molecule has 1 fully saturated rings. The molecule has 0 radical (unpaired) electrons. The molecule has 122 valence electrons. The average molecular weight is 319 g/mol. The number of benzene rings is 2. The van der Waals surface area contributed by atoms with Crippen LogP contribution < -0.4 is 5.32 Å². The predicted molar refractivity (Wildman–Crippen MR) is 97.6 cm³/mol. The number of ether oxygens (including phenoxy) is 1. The number of aromatic nitrogens is 1. The van der Waals surface area contributed by atoms with E-state index in [1.54, 1.807) is 0 Å². The number of morpholine rings is 1. The summed E-state index contributed by atoms with van der Waals surface area (Å²) in [4.78, 5) is 6.92. The summed E-state index contributed by atoms with van der Waals surface area (Å²) in [5, 5.41) is 4.63. The Bertz CT molecular complexity index is 805. The highest BCUT2D eigenvalue weighted by atomic mass is 16.5. The SMILES string of the molecule is c1cnc2c(Nc3ccc(CN4CCOCC4)cc3)cccc2c1. The molecule has 1 N–H and O–H groups in total. The third-order valence-electron chi connectivity index (χ3n) is 4.38. The van der Waals surface area contributed by atoms with Crippen molar-refractivity contribution in [3.05, 3.63) is 66.4 Å². The first-order chi connectivity index (χ1) is 11.9. The van der Waals surface area contributed by atoms with E-state index in [1.807, 2.05) is 12.3 Å². The van der Waals surface area contributed by atoms with E-state index in [9.17, 15) is 0 Å². The normalized spacial score (nSPS) is 15.5. The Hall–Kier alpha value is -2.43. The number of hydrogen-bond acceptors (Lipinski definition) is 4. The quantitative estimate of drug-likeness (QED) is 0.793. The lowest BCUT2D eigenvalue weighted by atomic mass is 10.1. The second kappa shape index (κ2) is 6.99. The highest BCUT2D eigenvalue weighted by Crippen LogP contribution is 2.24. The number of fused-ring (bicyclic) bond motifs is 1. The van der Waals surface area contributed by atoms with Gasteiger partial charge in [-0.2, -0.15) is 0 Å². The minimum Gasteiger partial charge on any atom is -0.379 e. The van der Waals surface area contributed by atoms with Gasteiger partial charge in [-0.1, -0.05) is 30.3 Å². The second-order valence-corrected chi connectivity index (χ2v) is 6.09. The van der Waals surface area contributed by atoms with Crippen molar-refractivity contribution in [1.29, 1.82) is 0 Å². The monoisotopic (exact) mass is 319 g/mol. The Labute approximate surface area is 142 Å². The van der Waals surface area contributed by atoms with Crippen LogP contribution in [0.2, 0.25) is 0 Å². The molecule has 0 amide bonds. The molecule has 4 nitrogen and oxygen atoms in total. The van der Waals surface area contributed by atoms with Gasteiger partial charge in [0.25, 0.3) is 0 Å². The second-order valence-electron chi connectivity index (χ2n) is 6.09. The van der Waals surface area contributed by atoms with Crippen molar-refractivity contribution in [3.8, 4) is 0 Å². The smallest absolute Gasteiger partial charge is 0.0936 e. The fourth-order valence-corrected chi connectivity index (χ4v) is 3.07. The summed E-state index contributed by atoms with van der Waals surface area (Å²) in [5.74, 6) is 0. The van der Waals surface area contributed by atoms with Crippen molar-refractivity contribution in [2.75, 3.05) is 31.6 Å². The van der Waals surface area contributed by atoms with Crippen LogP contribution in [0, 0.1) is 0 Å². The molecule has 0 saturated carbocycles. The highest BCUT2D eigenvalue weighted by Gasteiger charge is 2.10. The van der Waals surface area contributed by atoms with Crippen LogP contribution in [0.1, 0.15) is 5.56 Å². The number of para-hydroxylation sites is 1. The summed E-state index contributed by atoms with van der Waals surface area (Å²) in [5.41, 5.74) is 4.45. The molecule has 0 bridgehead atoms. The third kappa shape index (κ3) is 3.40. The molecule has 2 aromatic carbocycles. The van der Waals surface area contributed by atoms with Gasteiger partial charge in [-0.3, -0.25) is 9.88 Å². The Morgan fingerprint density at radius 3 is 2.58 bits per heavy atom. The van der Waals surface area contributed by atoms with Gasteiger partial charge in [0.2, 0.25) is 0 Å². The minimum absolute atomic E-state index is 0.841. The summed E-state index contributed by atoms with van der Waals surface area (Å²) in [6.45, 7) is 4.70. The number of anilines is 2. The number of nitrogens with zero attached hydrogens (tertiary/aromatic N) is 2. The Kier molecular flexibility index (Phi) is 4.40. The zero-order valence-corrected chi connectivity index (χ0v) is 13.6. The lowest BCUT2D eigenvalue weighted by molar-refractivity contribution is 0.0342. The molecule has 1 aliphatic heterocycles. The molecule has 1 saturated heterocycles. The molecule has 0 spiro atoms. The summed E-state index contributed by atoms with van der Waals surface area (Å²) >= 11 is 0. The molecule has 0 unspecified atom stereocenters. The van der Waals surface area contributed by atoms with E-state index in [4.69, 9.17) is 4.74 Å². The minimum atomic E-state index is 0.841. The van der Waals surface area contributed by atoms with Gasteiger partial charge >= 0.3 is 0 Å². The van der Waals surface area contributed by atoms with Crippen LogP contribution in [0.25, 0.3) is 10.9 Å². The molecular weight excluding hydrogens is 298 g/mol. The molecule has 4 heteroatoms. The molecule has 0 atom stereocenters. The van der Waals surface area contributed by atoms with Crippen LogP contribution in [0.4, 0.5) is 11.4 Å². The third-order valence-corrected chi connectivity index (χ3v) is 4.38. The van der Waals surface area contributed by atoms with Crippen LogP contribution in [0.15, 0.2) is 60.8 Å². The predicted octanol–water partition coefficient (Wildman–Crippen LogP) is 3.81. The van der Waals surface area contributed by atoms with Crippen molar-refractivity contribution in [2.24, 2.45) is 0 Å². The first-order valence-corrected chi connectivity index (χ1v) is 8.38. The van der Waals surface area contributed by atoms with E-state index in [1.165, 1.54) is 5.56 Å². The van der Waals surface area contributed by atoms with E-state index < -0.39 is 0 Å². The first kappa shape index (κ1) is 15.1. The fraction of sp³-hybridized carbons (Fsp3) is 0.250. The van der Waals surface area contributed by atoms with Crippen molar-refractivity contribution in [3.63, 3.8) is 0 Å². The molecular formula is C20H21N3O. The largest absolute Gasteiger partial charge is 0.379 e. The van der Waals surface area contributed by atoms with Crippen LogP contribution in [0.3, 0.4) is 0 Å². The molecule has 0 aliphatic carbocycles. The van der Waals surface area contributed by atoms with Gasteiger partial charge in [-0.15, -0.1) is 0 Å². The molecule has 2 heterocycles. The number of hydrogen-bond donors (Lipinski definition) is 1. The fourth-order valence-electron chi connectivity index (χ4n) is 3.07. The lowest BCUT2D eigenvalue weighted by Gasteiger charge is -2.26. The molecule has 4 rings (SSSR count). The molecule has 24 heavy (non-hydrogen) atoms. The zero-order chi connectivity index (χ0) is 16.2. The average Bonchev–Trinajstić information content (AvgIpc) is 2.65. The van der Waals surface area contributed by atoms with Crippen LogP contribution in [-0.4, -0.2) is 36.2 Å². The Morgan fingerprint density at radius 2 is 1.75 bits per heavy atom. The topological polar surface area (TPSA) is 37.4 Å². The maximum absolute atomic E-state index is 5.40. The van der Waals surface area contributed by atoms with Gasteiger partial charge in [0.15, 0.2) is 0 Å². The number of rotatable bonds is 4. The molecule has 1 aliphatic rings. The number of nitrogens with one attached hydrogen (secondary N) is 1. The van der Waals surface area contributed by atoms with Gasteiger partial charge in [0, 0.05) is 36.9 Å². The van der Waals surface area contributed by atoms with Gasteiger partial charge in [-0.25, -0.2) is 0 Å². The van der Waals surface area contributed by atoms with Crippen molar-refractivity contribution >= 4 is 22.3 Å². The standard InChI is InChI=1S/C20H21N3O/c1-3-17-4-2-10-21-20(17)19(5-1)22-18-8-6-16(7-9-18)15-23-11-13-24-14-12-23/h1-10,22H,11-15H2. The zero-order valence-electron chi connectivity index (χ0n) is 13.6. The van der Waals surface area contributed by atoms with Crippen LogP contribution >= 0.6 is 0 Å². The lowest BCUT2D eigenvalue weighted by Crippen LogP contribution is -2.35. The van der Waals surface area contributed by atoms with E-state index >= 15 is 0 Å². The Balaban J connectivity index is 1.48. The Morgan fingerprint density at radius 1 is 0.958 bits per heavy atom. The number of pyridine rings is 1. The van der Waals surface area contributed by atoms with E-state index in [0.717, 1.165) is 55.1 Å². The summed E-state index contributed by atoms with van der Waals surface area (Å²) in [6.07, 6.45) is 1.83. The van der Waals surface area contributed by atoms with Crippen molar-refractivity contribution in [2.45, 2.75) is 6.54 Å². The van der Waals surface area contributed by atoms with E-state index in [-0.39, 0.29) is 0 Å². The maximum atomic E-state index is 5.40. The summed E-state index contributed by atoms with van der Waals surface area (Å²) in [7, 11) is 0. The van der Waals surface area contributed by atoms with Crippen LogP contribution in [0.5, 0.6) is 0 Å².